The van der Waals surface area contributed by atoms with E-state index in [1.54, 1.807) is 0 Å². The summed E-state index contributed by atoms with van der Waals surface area (Å²) in [6.07, 6.45) is 1.20. The standard InChI is InChI=1S/C14H21Cl2N3.2ClH/c1-17-6-3-7-18-8-10-19(11-9-18)13-5-2-4-12(15)14(13)16;;/h2,4-5,17H,3,6-11H2,1H3;2*1H. The molecule has 0 amide bonds. The van der Waals surface area contributed by atoms with Crippen LogP contribution < -0.4 is 10.2 Å². The zero-order chi connectivity index (χ0) is 13.7. The molecule has 0 atom stereocenters. The number of halogens is 4. The second-order valence-electron chi connectivity index (χ2n) is 4.86. The lowest BCUT2D eigenvalue weighted by atomic mass is 10.2. The van der Waals surface area contributed by atoms with E-state index >= 15 is 0 Å². The Bertz CT molecular complexity index is 409. The van der Waals surface area contributed by atoms with Gasteiger partial charge < -0.3 is 10.2 Å². The molecule has 0 saturated carbocycles. The van der Waals surface area contributed by atoms with Crippen molar-refractivity contribution in [3.05, 3.63) is 28.2 Å². The van der Waals surface area contributed by atoms with Crippen LogP contribution >= 0.6 is 48.0 Å². The fourth-order valence-electron chi connectivity index (χ4n) is 2.43. The van der Waals surface area contributed by atoms with Gasteiger partial charge in [-0.1, -0.05) is 29.3 Å². The zero-order valence-electron chi connectivity index (χ0n) is 12.1. The summed E-state index contributed by atoms with van der Waals surface area (Å²) in [5, 5.41) is 4.50. The molecule has 1 aliphatic heterocycles. The van der Waals surface area contributed by atoms with Crippen molar-refractivity contribution in [3.8, 4) is 0 Å². The summed E-state index contributed by atoms with van der Waals surface area (Å²) >= 11 is 12.3. The van der Waals surface area contributed by atoms with Gasteiger partial charge in [0.2, 0.25) is 0 Å². The minimum Gasteiger partial charge on any atom is -0.368 e. The lowest BCUT2D eigenvalue weighted by Gasteiger charge is -2.36. The summed E-state index contributed by atoms with van der Waals surface area (Å²) in [5.74, 6) is 0. The zero-order valence-corrected chi connectivity index (χ0v) is 15.3. The molecule has 122 valence electrons. The molecule has 1 fully saturated rings. The fourth-order valence-corrected chi connectivity index (χ4v) is 2.84. The third-order valence-corrected chi connectivity index (χ3v) is 4.35. The molecule has 3 nitrogen and oxygen atoms in total. The van der Waals surface area contributed by atoms with Gasteiger partial charge in [0.1, 0.15) is 0 Å². The van der Waals surface area contributed by atoms with Crippen LogP contribution in [0, 0.1) is 0 Å². The topological polar surface area (TPSA) is 18.5 Å². The van der Waals surface area contributed by atoms with E-state index in [2.05, 4.69) is 15.1 Å². The van der Waals surface area contributed by atoms with E-state index in [9.17, 15) is 0 Å². The van der Waals surface area contributed by atoms with Crippen molar-refractivity contribution in [2.45, 2.75) is 6.42 Å². The van der Waals surface area contributed by atoms with Crippen LogP contribution in [0.15, 0.2) is 18.2 Å². The minimum atomic E-state index is 0. The molecule has 1 heterocycles. The maximum absolute atomic E-state index is 6.27. The lowest BCUT2D eigenvalue weighted by Crippen LogP contribution is -2.47. The summed E-state index contributed by atoms with van der Waals surface area (Å²) in [5.41, 5.74) is 1.06. The van der Waals surface area contributed by atoms with E-state index in [1.807, 2.05) is 25.2 Å². The predicted octanol–water partition coefficient (Wildman–Crippen LogP) is 3.57. The second kappa shape index (κ2) is 10.8. The Hall–Kier alpha value is 0.1000. The van der Waals surface area contributed by atoms with E-state index < -0.39 is 0 Å². The van der Waals surface area contributed by atoms with Crippen molar-refractivity contribution >= 4 is 53.7 Å². The molecule has 0 aliphatic carbocycles. The maximum atomic E-state index is 6.27. The number of nitrogens with zero attached hydrogens (tertiary/aromatic N) is 2. The highest BCUT2D eigenvalue weighted by molar-refractivity contribution is 6.43. The molecular weight excluding hydrogens is 352 g/mol. The number of nitrogens with one attached hydrogen (secondary N) is 1. The maximum Gasteiger partial charge on any atom is 0.0825 e. The second-order valence-corrected chi connectivity index (χ2v) is 5.64. The van der Waals surface area contributed by atoms with Gasteiger partial charge in [-0.25, -0.2) is 0 Å². The van der Waals surface area contributed by atoms with Crippen LogP contribution in [0.5, 0.6) is 0 Å². The molecule has 0 spiro atoms. The van der Waals surface area contributed by atoms with E-state index in [1.165, 1.54) is 6.42 Å². The average Bonchev–Trinajstić information content (AvgIpc) is 2.43. The number of piperazine rings is 1. The number of rotatable bonds is 5. The Morgan fingerprint density at radius 3 is 2.38 bits per heavy atom. The Labute approximate surface area is 149 Å². The summed E-state index contributed by atoms with van der Waals surface area (Å²) < 4.78 is 0. The molecular formula is C14H23Cl4N3. The summed E-state index contributed by atoms with van der Waals surface area (Å²) in [4.78, 5) is 4.83. The molecule has 7 heteroatoms. The number of anilines is 1. The van der Waals surface area contributed by atoms with Gasteiger partial charge >= 0.3 is 0 Å². The number of benzene rings is 1. The van der Waals surface area contributed by atoms with Gasteiger partial charge in [-0.3, -0.25) is 4.90 Å². The largest absolute Gasteiger partial charge is 0.368 e. The summed E-state index contributed by atoms with van der Waals surface area (Å²) in [7, 11) is 2.00. The number of hydrogen-bond donors (Lipinski definition) is 1. The van der Waals surface area contributed by atoms with Crippen LogP contribution in [-0.2, 0) is 0 Å². The van der Waals surface area contributed by atoms with Gasteiger partial charge in [0.15, 0.2) is 0 Å². The predicted molar refractivity (Wildman–Crippen MR) is 98.2 cm³/mol. The van der Waals surface area contributed by atoms with E-state index in [-0.39, 0.29) is 24.8 Å². The molecule has 0 unspecified atom stereocenters. The van der Waals surface area contributed by atoms with Crippen molar-refractivity contribution in [2.75, 3.05) is 51.2 Å². The Balaban J connectivity index is 0.00000200. The van der Waals surface area contributed by atoms with Crippen LogP contribution in [0.2, 0.25) is 10.0 Å². The van der Waals surface area contributed by atoms with Crippen molar-refractivity contribution in [3.63, 3.8) is 0 Å². The SMILES string of the molecule is CNCCCN1CCN(c2cccc(Cl)c2Cl)CC1.Cl.Cl. The van der Waals surface area contributed by atoms with Crippen molar-refractivity contribution in [1.29, 1.82) is 0 Å². The van der Waals surface area contributed by atoms with Crippen LogP contribution in [-0.4, -0.2) is 51.2 Å². The number of hydrogen-bond acceptors (Lipinski definition) is 3. The average molecular weight is 375 g/mol. The van der Waals surface area contributed by atoms with Gasteiger partial charge in [0.25, 0.3) is 0 Å². The van der Waals surface area contributed by atoms with E-state index in [0.29, 0.717) is 10.0 Å². The van der Waals surface area contributed by atoms with Gasteiger partial charge in [-0.2, -0.15) is 0 Å². The van der Waals surface area contributed by atoms with Crippen molar-refractivity contribution in [2.24, 2.45) is 0 Å². The normalized spacial score (nSPS) is 15.3. The lowest BCUT2D eigenvalue weighted by molar-refractivity contribution is 0.254. The molecule has 1 saturated heterocycles. The van der Waals surface area contributed by atoms with Gasteiger partial charge in [-0.15, -0.1) is 24.8 Å². The first-order chi connectivity index (χ1) is 9.22. The van der Waals surface area contributed by atoms with Gasteiger partial charge in [0.05, 0.1) is 15.7 Å². The third kappa shape index (κ3) is 6.01. The quantitative estimate of drug-likeness (QED) is 0.794. The first-order valence-corrected chi connectivity index (χ1v) is 7.54. The molecule has 1 aliphatic rings. The molecule has 0 bridgehead atoms. The Kier molecular flexibility index (Phi) is 10.8. The van der Waals surface area contributed by atoms with Crippen LogP contribution in [0.4, 0.5) is 5.69 Å². The smallest absolute Gasteiger partial charge is 0.0825 e. The first kappa shape index (κ1) is 21.1. The van der Waals surface area contributed by atoms with Gasteiger partial charge in [-0.05, 0) is 38.7 Å². The van der Waals surface area contributed by atoms with Crippen LogP contribution in [0.25, 0.3) is 0 Å². The molecule has 1 aromatic rings. The monoisotopic (exact) mass is 373 g/mol. The van der Waals surface area contributed by atoms with Crippen LogP contribution in [0.3, 0.4) is 0 Å². The fraction of sp³-hybridized carbons (Fsp3) is 0.571. The molecule has 21 heavy (non-hydrogen) atoms. The van der Waals surface area contributed by atoms with E-state index in [0.717, 1.165) is 45.0 Å². The molecule has 1 aromatic carbocycles. The summed E-state index contributed by atoms with van der Waals surface area (Å²) in [6, 6.07) is 5.84. The van der Waals surface area contributed by atoms with Crippen molar-refractivity contribution < 1.29 is 0 Å². The highest BCUT2D eigenvalue weighted by Gasteiger charge is 2.19. The molecule has 0 aromatic heterocycles. The Morgan fingerprint density at radius 1 is 1.10 bits per heavy atom. The molecule has 0 radical (unpaired) electrons. The van der Waals surface area contributed by atoms with Crippen molar-refractivity contribution in [1.82, 2.24) is 10.2 Å². The highest BCUT2D eigenvalue weighted by atomic mass is 35.5. The van der Waals surface area contributed by atoms with Crippen LogP contribution in [0.1, 0.15) is 6.42 Å². The van der Waals surface area contributed by atoms with Gasteiger partial charge in [0, 0.05) is 26.2 Å². The molecule has 2 rings (SSSR count). The summed E-state index contributed by atoms with van der Waals surface area (Å²) in [6.45, 7) is 6.45. The third-order valence-electron chi connectivity index (χ3n) is 3.55. The van der Waals surface area contributed by atoms with E-state index in [4.69, 9.17) is 23.2 Å². The highest BCUT2D eigenvalue weighted by Crippen LogP contribution is 2.32. The Morgan fingerprint density at radius 2 is 1.76 bits per heavy atom. The minimum absolute atomic E-state index is 0. The molecule has 1 N–H and O–H groups in total. The first-order valence-electron chi connectivity index (χ1n) is 6.78.